The number of aromatic nitrogens is 4. The van der Waals surface area contributed by atoms with E-state index in [-0.39, 0.29) is 0 Å². The summed E-state index contributed by atoms with van der Waals surface area (Å²) >= 11 is 0. The first kappa shape index (κ1) is 20.0. The quantitative estimate of drug-likeness (QED) is 0.617. The van der Waals surface area contributed by atoms with Crippen LogP contribution in [-0.4, -0.2) is 31.1 Å². The molecule has 0 saturated carbocycles. The van der Waals surface area contributed by atoms with Gasteiger partial charge in [0.1, 0.15) is 12.0 Å². The summed E-state index contributed by atoms with van der Waals surface area (Å²) in [6.45, 7) is 4.57. The zero-order chi connectivity index (χ0) is 18.6. The number of unbranched alkanes of at least 4 members (excludes halogenated alkanes) is 4. The van der Waals surface area contributed by atoms with Crippen molar-refractivity contribution < 1.29 is 5.11 Å². The maximum Gasteiger partial charge on any atom is 0.136 e. The van der Waals surface area contributed by atoms with E-state index in [4.69, 9.17) is 5.11 Å². The number of aliphatic hydroxyl groups is 1. The molecule has 0 saturated heterocycles. The smallest absolute Gasteiger partial charge is 0.136 e. The molecular formula is C21H30N4O. The van der Waals surface area contributed by atoms with Gasteiger partial charge < -0.3 is 9.51 Å². The van der Waals surface area contributed by atoms with Crippen LogP contribution in [0.15, 0.2) is 43.1 Å². The molecule has 3 rings (SSSR count). The van der Waals surface area contributed by atoms with E-state index in [1.807, 2.05) is 41.9 Å². The Morgan fingerprint density at radius 3 is 2.65 bits per heavy atom. The van der Waals surface area contributed by atoms with Crippen molar-refractivity contribution in [1.82, 2.24) is 19.4 Å². The zero-order valence-electron chi connectivity index (χ0n) is 15.9. The Kier molecular flexibility index (Phi) is 8.76. The second-order valence-corrected chi connectivity index (χ2v) is 6.47. The molecule has 3 aromatic rings. The molecule has 0 amide bonds. The van der Waals surface area contributed by atoms with Crippen molar-refractivity contribution in [3.63, 3.8) is 0 Å². The number of hydrogen-bond donors (Lipinski definition) is 1. The molecule has 3 aromatic heterocycles. The van der Waals surface area contributed by atoms with E-state index in [0.29, 0.717) is 6.61 Å². The molecule has 0 fully saturated rings. The summed E-state index contributed by atoms with van der Waals surface area (Å²) in [4.78, 5) is 12.8. The first-order chi connectivity index (χ1) is 12.7. The maximum absolute atomic E-state index is 8.37. The number of fused-ring (bicyclic) bond motifs is 1. The lowest BCUT2D eigenvalue weighted by Gasteiger charge is -2.01. The largest absolute Gasteiger partial charge is 0.396 e. The van der Waals surface area contributed by atoms with Crippen molar-refractivity contribution in [1.29, 1.82) is 0 Å². The van der Waals surface area contributed by atoms with Crippen LogP contribution in [0.4, 0.5) is 0 Å². The molecule has 0 bridgehead atoms. The SMILES string of the molecule is CCCCCCCO.Cc1ncncc1CCc1cn2ccccc2n1. The van der Waals surface area contributed by atoms with E-state index in [9.17, 15) is 0 Å². The summed E-state index contributed by atoms with van der Waals surface area (Å²) in [5.74, 6) is 0. The summed E-state index contributed by atoms with van der Waals surface area (Å²) in [7, 11) is 0. The predicted octanol–water partition coefficient (Wildman–Crippen LogP) is 4.17. The average Bonchev–Trinajstić information content (AvgIpc) is 3.08. The summed E-state index contributed by atoms with van der Waals surface area (Å²) in [6, 6.07) is 6.02. The molecule has 0 aliphatic rings. The fourth-order valence-electron chi connectivity index (χ4n) is 2.75. The third kappa shape index (κ3) is 6.56. The molecule has 0 aliphatic carbocycles. The van der Waals surface area contributed by atoms with Gasteiger partial charge in [-0.2, -0.15) is 0 Å². The van der Waals surface area contributed by atoms with E-state index >= 15 is 0 Å². The minimum absolute atomic E-state index is 0.365. The van der Waals surface area contributed by atoms with Crippen LogP contribution in [0.1, 0.15) is 56.0 Å². The number of aryl methyl sites for hydroxylation is 3. The van der Waals surface area contributed by atoms with Gasteiger partial charge in [-0.3, -0.25) is 0 Å². The van der Waals surface area contributed by atoms with Crippen LogP contribution in [-0.2, 0) is 12.8 Å². The third-order valence-electron chi connectivity index (χ3n) is 4.34. The fraction of sp³-hybridized carbons (Fsp3) is 0.476. The lowest BCUT2D eigenvalue weighted by molar-refractivity contribution is 0.282. The van der Waals surface area contributed by atoms with Gasteiger partial charge in [0.2, 0.25) is 0 Å². The van der Waals surface area contributed by atoms with Gasteiger partial charge in [-0.1, -0.05) is 38.7 Å². The highest BCUT2D eigenvalue weighted by atomic mass is 16.2. The third-order valence-corrected chi connectivity index (χ3v) is 4.34. The lowest BCUT2D eigenvalue weighted by atomic mass is 10.1. The van der Waals surface area contributed by atoms with Gasteiger partial charge in [0.05, 0.1) is 5.69 Å². The normalized spacial score (nSPS) is 10.6. The highest BCUT2D eigenvalue weighted by Gasteiger charge is 2.04. The molecule has 0 radical (unpaired) electrons. The molecule has 0 aliphatic heterocycles. The Hall–Kier alpha value is -2.27. The molecule has 0 atom stereocenters. The number of aliphatic hydroxyl groups excluding tert-OH is 1. The van der Waals surface area contributed by atoms with Crippen LogP contribution in [0.3, 0.4) is 0 Å². The van der Waals surface area contributed by atoms with Gasteiger partial charge >= 0.3 is 0 Å². The first-order valence-electron chi connectivity index (χ1n) is 9.53. The molecule has 26 heavy (non-hydrogen) atoms. The Morgan fingerprint density at radius 2 is 1.92 bits per heavy atom. The highest BCUT2D eigenvalue weighted by Crippen LogP contribution is 2.10. The van der Waals surface area contributed by atoms with E-state index in [1.165, 1.54) is 31.2 Å². The second-order valence-electron chi connectivity index (χ2n) is 6.47. The Morgan fingerprint density at radius 1 is 1.08 bits per heavy atom. The van der Waals surface area contributed by atoms with Gasteiger partial charge in [-0.25, -0.2) is 15.0 Å². The molecule has 0 spiro atoms. The van der Waals surface area contributed by atoms with Crippen LogP contribution in [0, 0.1) is 6.92 Å². The summed E-state index contributed by atoms with van der Waals surface area (Å²) in [5, 5.41) is 8.37. The van der Waals surface area contributed by atoms with Gasteiger partial charge in [-0.15, -0.1) is 0 Å². The number of nitrogens with zero attached hydrogens (tertiary/aromatic N) is 4. The predicted molar refractivity (Wildman–Crippen MR) is 105 cm³/mol. The van der Waals surface area contributed by atoms with Crippen molar-refractivity contribution in [3.05, 3.63) is 60.1 Å². The van der Waals surface area contributed by atoms with E-state index in [2.05, 4.69) is 28.1 Å². The van der Waals surface area contributed by atoms with E-state index in [1.54, 1.807) is 6.33 Å². The van der Waals surface area contributed by atoms with Crippen molar-refractivity contribution in [2.75, 3.05) is 6.61 Å². The molecule has 5 nitrogen and oxygen atoms in total. The zero-order valence-corrected chi connectivity index (χ0v) is 15.9. The van der Waals surface area contributed by atoms with Crippen LogP contribution < -0.4 is 0 Å². The summed E-state index contributed by atoms with van der Waals surface area (Å²) in [6.07, 6.45) is 15.5. The summed E-state index contributed by atoms with van der Waals surface area (Å²) in [5.41, 5.74) is 4.33. The monoisotopic (exact) mass is 354 g/mol. The van der Waals surface area contributed by atoms with Gasteiger partial charge in [0, 0.05) is 30.9 Å². The van der Waals surface area contributed by atoms with Gasteiger partial charge in [0.15, 0.2) is 0 Å². The van der Waals surface area contributed by atoms with Gasteiger partial charge in [0.25, 0.3) is 0 Å². The molecule has 1 N–H and O–H groups in total. The van der Waals surface area contributed by atoms with Crippen molar-refractivity contribution in [2.24, 2.45) is 0 Å². The summed E-state index contributed by atoms with van der Waals surface area (Å²) < 4.78 is 2.05. The number of hydrogen-bond acceptors (Lipinski definition) is 4. The van der Waals surface area contributed by atoms with Crippen molar-refractivity contribution >= 4 is 5.65 Å². The second kappa shape index (κ2) is 11.4. The van der Waals surface area contributed by atoms with Crippen LogP contribution in [0.5, 0.6) is 0 Å². The van der Waals surface area contributed by atoms with E-state index in [0.717, 1.165) is 36.3 Å². The molecule has 140 valence electrons. The molecule has 5 heteroatoms. The fourth-order valence-corrected chi connectivity index (χ4v) is 2.75. The number of pyridine rings is 1. The molecule has 0 aromatic carbocycles. The molecule has 3 heterocycles. The number of imidazole rings is 1. The van der Waals surface area contributed by atoms with Crippen molar-refractivity contribution in [2.45, 2.75) is 58.8 Å². The Bertz CT molecular complexity index is 730. The minimum atomic E-state index is 0.365. The number of rotatable bonds is 8. The van der Waals surface area contributed by atoms with Crippen molar-refractivity contribution in [3.8, 4) is 0 Å². The minimum Gasteiger partial charge on any atom is -0.396 e. The molecule has 0 unspecified atom stereocenters. The average molecular weight is 354 g/mol. The van der Waals surface area contributed by atoms with Crippen LogP contribution in [0.25, 0.3) is 5.65 Å². The standard InChI is InChI=1S/C14H14N4.C7H16O/c1-11-12(8-15-10-16-11)5-6-13-9-18-7-3-2-4-14(18)17-13;1-2-3-4-5-6-7-8/h2-4,7-10H,5-6H2,1H3;8H,2-7H2,1H3. The van der Waals surface area contributed by atoms with Crippen LogP contribution in [0.2, 0.25) is 0 Å². The van der Waals surface area contributed by atoms with Crippen LogP contribution >= 0.6 is 0 Å². The highest BCUT2D eigenvalue weighted by molar-refractivity contribution is 5.39. The first-order valence-corrected chi connectivity index (χ1v) is 9.53. The Labute approximate surface area is 156 Å². The van der Waals surface area contributed by atoms with E-state index < -0.39 is 0 Å². The topological polar surface area (TPSA) is 63.3 Å². The Balaban J connectivity index is 0.000000260. The lowest BCUT2D eigenvalue weighted by Crippen LogP contribution is -1.97. The van der Waals surface area contributed by atoms with Gasteiger partial charge in [-0.05, 0) is 43.9 Å². The molecular weight excluding hydrogens is 324 g/mol. The maximum atomic E-state index is 8.37.